The second-order valence-corrected chi connectivity index (χ2v) is 4.09. The van der Waals surface area contributed by atoms with Crippen LogP contribution < -0.4 is 11.2 Å². The fourth-order valence-corrected chi connectivity index (χ4v) is 1.91. The number of aromatic nitrogens is 2. The molecule has 2 rings (SSSR count). The number of aliphatic hydroxyl groups is 2. The largest absolute Gasteiger partial charge is 0.394 e. The van der Waals surface area contributed by atoms with Crippen LogP contribution in [0.4, 0.5) is 0 Å². The maximum atomic E-state index is 11.6. The molecule has 0 saturated carbocycles. The van der Waals surface area contributed by atoms with E-state index in [0.29, 0.717) is 5.56 Å². The van der Waals surface area contributed by atoms with Crippen molar-refractivity contribution in [1.29, 1.82) is 0 Å². The Labute approximate surface area is 96.3 Å². The molecule has 1 aliphatic heterocycles. The summed E-state index contributed by atoms with van der Waals surface area (Å²) >= 11 is 0. The number of aliphatic hydroxyl groups excluding tert-OH is 2. The predicted octanol–water partition coefficient (Wildman–Crippen LogP) is -1.86. The van der Waals surface area contributed by atoms with Crippen molar-refractivity contribution in [3.8, 4) is 0 Å². The Morgan fingerprint density at radius 2 is 2.29 bits per heavy atom. The maximum Gasteiger partial charge on any atom is 0.328 e. The average Bonchev–Trinajstić information content (AvgIpc) is 2.65. The van der Waals surface area contributed by atoms with E-state index < -0.39 is 29.5 Å². The van der Waals surface area contributed by atoms with Crippen LogP contribution in [0.3, 0.4) is 0 Å². The number of aromatic amines is 1. The summed E-state index contributed by atoms with van der Waals surface area (Å²) in [6, 6.07) is -0.588. The van der Waals surface area contributed by atoms with Crippen LogP contribution in [0.2, 0.25) is 0 Å². The third-order valence-electron chi connectivity index (χ3n) is 2.94. The van der Waals surface area contributed by atoms with Gasteiger partial charge in [0.1, 0.15) is 12.2 Å². The lowest BCUT2D eigenvalue weighted by atomic mass is 10.1. The summed E-state index contributed by atoms with van der Waals surface area (Å²) in [5, 5.41) is 18.8. The lowest BCUT2D eigenvalue weighted by Gasteiger charge is -2.17. The van der Waals surface area contributed by atoms with Gasteiger partial charge in [-0.2, -0.15) is 0 Å². The van der Waals surface area contributed by atoms with E-state index >= 15 is 0 Å². The maximum absolute atomic E-state index is 11.6. The highest BCUT2D eigenvalue weighted by Crippen LogP contribution is 2.23. The Bertz CT molecular complexity index is 520. The van der Waals surface area contributed by atoms with E-state index in [1.807, 2.05) is 0 Å². The topological polar surface area (TPSA) is 105 Å². The number of ether oxygens (including phenoxy) is 1. The number of hydrogen-bond acceptors (Lipinski definition) is 5. The SMILES string of the molecule is Cc1cn([C@@H]2CO[C@H](CO)[C@H]2O)c(=O)[nH]c1=O. The molecule has 1 saturated heterocycles. The molecule has 94 valence electrons. The Kier molecular flexibility index (Phi) is 3.14. The fraction of sp³-hybridized carbons (Fsp3) is 0.600. The van der Waals surface area contributed by atoms with Gasteiger partial charge >= 0.3 is 5.69 Å². The van der Waals surface area contributed by atoms with Gasteiger partial charge in [0.05, 0.1) is 19.3 Å². The molecule has 0 aromatic carbocycles. The van der Waals surface area contributed by atoms with Crippen LogP contribution in [-0.2, 0) is 4.74 Å². The molecule has 0 radical (unpaired) electrons. The third kappa shape index (κ3) is 2.04. The molecule has 1 aromatic rings. The summed E-state index contributed by atoms with van der Waals surface area (Å²) in [6.07, 6.45) is -0.278. The number of nitrogens with zero attached hydrogens (tertiary/aromatic N) is 1. The van der Waals surface area contributed by atoms with Crippen molar-refractivity contribution in [1.82, 2.24) is 9.55 Å². The number of aryl methyl sites for hydroxylation is 1. The minimum Gasteiger partial charge on any atom is -0.394 e. The van der Waals surface area contributed by atoms with Crippen molar-refractivity contribution in [2.75, 3.05) is 13.2 Å². The third-order valence-corrected chi connectivity index (χ3v) is 2.94. The molecule has 0 unspecified atom stereocenters. The Morgan fingerprint density at radius 3 is 2.88 bits per heavy atom. The van der Waals surface area contributed by atoms with Gasteiger partial charge in [0.2, 0.25) is 0 Å². The van der Waals surface area contributed by atoms with E-state index in [1.165, 1.54) is 10.8 Å². The quantitative estimate of drug-likeness (QED) is 0.564. The summed E-state index contributed by atoms with van der Waals surface area (Å²) < 4.78 is 6.39. The van der Waals surface area contributed by atoms with E-state index in [4.69, 9.17) is 9.84 Å². The number of hydrogen-bond donors (Lipinski definition) is 3. The summed E-state index contributed by atoms with van der Waals surface area (Å²) in [5.41, 5.74) is -0.658. The van der Waals surface area contributed by atoms with Gasteiger partial charge in [-0.05, 0) is 6.92 Å². The van der Waals surface area contributed by atoms with E-state index in [1.54, 1.807) is 6.92 Å². The zero-order valence-electron chi connectivity index (χ0n) is 9.29. The van der Waals surface area contributed by atoms with Crippen LogP contribution in [0, 0.1) is 6.92 Å². The molecule has 0 aliphatic carbocycles. The van der Waals surface area contributed by atoms with Crippen LogP contribution >= 0.6 is 0 Å². The second-order valence-electron chi connectivity index (χ2n) is 4.09. The zero-order chi connectivity index (χ0) is 12.6. The van der Waals surface area contributed by atoms with Crippen LogP contribution in [0.5, 0.6) is 0 Å². The van der Waals surface area contributed by atoms with Gasteiger partial charge in [-0.1, -0.05) is 0 Å². The molecule has 3 N–H and O–H groups in total. The molecule has 1 fully saturated rings. The van der Waals surface area contributed by atoms with Gasteiger partial charge in [-0.3, -0.25) is 14.3 Å². The van der Waals surface area contributed by atoms with Crippen LogP contribution in [-0.4, -0.2) is 45.2 Å². The first-order chi connectivity index (χ1) is 8.04. The molecule has 3 atom stereocenters. The van der Waals surface area contributed by atoms with Gasteiger partial charge < -0.3 is 14.9 Å². The van der Waals surface area contributed by atoms with Crippen molar-refractivity contribution in [2.24, 2.45) is 0 Å². The van der Waals surface area contributed by atoms with Crippen LogP contribution in [0.1, 0.15) is 11.6 Å². The van der Waals surface area contributed by atoms with Crippen molar-refractivity contribution < 1.29 is 14.9 Å². The van der Waals surface area contributed by atoms with E-state index in [0.717, 1.165) is 0 Å². The monoisotopic (exact) mass is 242 g/mol. The fourth-order valence-electron chi connectivity index (χ4n) is 1.91. The van der Waals surface area contributed by atoms with Gasteiger partial charge in [0, 0.05) is 11.8 Å². The first-order valence-electron chi connectivity index (χ1n) is 5.27. The summed E-state index contributed by atoms with van der Waals surface area (Å²) in [7, 11) is 0. The standard InChI is InChI=1S/C10H14N2O5/c1-5-2-12(10(16)11-9(5)15)6-4-17-7(3-13)8(6)14/h2,6-8,13-14H,3-4H2,1H3,(H,11,15,16)/t6-,7-,8+/m1/s1. The molecule has 0 bridgehead atoms. The first kappa shape index (κ1) is 12.0. The van der Waals surface area contributed by atoms with Crippen molar-refractivity contribution in [3.05, 3.63) is 32.6 Å². The molecule has 7 heteroatoms. The lowest BCUT2D eigenvalue weighted by Crippen LogP contribution is -2.39. The molecule has 0 amide bonds. The number of nitrogens with one attached hydrogen (secondary N) is 1. The van der Waals surface area contributed by atoms with Gasteiger partial charge in [0.25, 0.3) is 5.56 Å². The van der Waals surface area contributed by atoms with E-state index in [-0.39, 0.29) is 13.2 Å². The normalized spacial score (nSPS) is 28.5. The highest BCUT2D eigenvalue weighted by Gasteiger charge is 2.37. The average molecular weight is 242 g/mol. The Hall–Kier alpha value is -1.44. The minimum absolute atomic E-state index is 0.123. The van der Waals surface area contributed by atoms with Gasteiger partial charge in [-0.25, -0.2) is 4.79 Å². The van der Waals surface area contributed by atoms with E-state index in [2.05, 4.69) is 4.98 Å². The van der Waals surface area contributed by atoms with Gasteiger partial charge in [0.15, 0.2) is 0 Å². The van der Waals surface area contributed by atoms with Crippen LogP contribution in [0.15, 0.2) is 15.8 Å². The zero-order valence-corrected chi connectivity index (χ0v) is 9.29. The highest BCUT2D eigenvalue weighted by molar-refractivity contribution is 5.03. The molecule has 0 spiro atoms. The lowest BCUT2D eigenvalue weighted by molar-refractivity contribution is 0.00188. The second kappa shape index (κ2) is 4.44. The summed E-state index contributed by atoms with van der Waals surface area (Å²) in [5.74, 6) is 0. The Balaban J connectivity index is 2.39. The smallest absolute Gasteiger partial charge is 0.328 e. The highest BCUT2D eigenvalue weighted by atomic mass is 16.5. The van der Waals surface area contributed by atoms with E-state index in [9.17, 15) is 14.7 Å². The molecular formula is C10H14N2O5. The summed E-state index contributed by atoms with van der Waals surface area (Å²) in [6.45, 7) is 1.38. The molecule has 1 aliphatic rings. The van der Waals surface area contributed by atoms with Crippen LogP contribution in [0.25, 0.3) is 0 Å². The minimum atomic E-state index is -0.969. The van der Waals surface area contributed by atoms with Crippen molar-refractivity contribution >= 4 is 0 Å². The molecular weight excluding hydrogens is 228 g/mol. The molecule has 7 nitrogen and oxygen atoms in total. The Morgan fingerprint density at radius 1 is 1.59 bits per heavy atom. The van der Waals surface area contributed by atoms with Crippen molar-refractivity contribution in [2.45, 2.75) is 25.2 Å². The number of H-pyrrole nitrogens is 1. The molecule has 1 aromatic heterocycles. The van der Waals surface area contributed by atoms with Crippen molar-refractivity contribution in [3.63, 3.8) is 0 Å². The van der Waals surface area contributed by atoms with Gasteiger partial charge in [-0.15, -0.1) is 0 Å². The predicted molar refractivity (Wildman–Crippen MR) is 57.9 cm³/mol. The molecule has 2 heterocycles. The number of rotatable bonds is 2. The molecule has 17 heavy (non-hydrogen) atoms. The summed E-state index contributed by atoms with van der Waals surface area (Å²) in [4.78, 5) is 25.0. The first-order valence-corrected chi connectivity index (χ1v) is 5.27.